The van der Waals surface area contributed by atoms with Crippen molar-refractivity contribution < 1.29 is 27.9 Å². The lowest BCUT2D eigenvalue weighted by molar-refractivity contribution is -0.176. The molecule has 1 amide bonds. The maximum Gasteiger partial charge on any atom is 0.471 e. The van der Waals surface area contributed by atoms with Gasteiger partial charge in [0.2, 0.25) is 0 Å². The van der Waals surface area contributed by atoms with Gasteiger partial charge in [-0.25, -0.2) is 4.79 Å². The van der Waals surface area contributed by atoms with Gasteiger partial charge >= 0.3 is 18.1 Å². The molecule has 1 aromatic carbocycles. The highest BCUT2D eigenvalue weighted by molar-refractivity contribution is 5.88. The second kappa shape index (κ2) is 6.05. The number of benzene rings is 1. The molecular weight excluding hydrogens is 301 g/mol. The summed E-state index contributed by atoms with van der Waals surface area (Å²) in [6.45, 7) is 2.79. The van der Waals surface area contributed by atoms with Gasteiger partial charge in [0.05, 0.1) is 11.6 Å². The van der Waals surface area contributed by atoms with Crippen LogP contribution in [0.3, 0.4) is 0 Å². The zero-order chi connectivity index (χ0) is 17.1. The zero-order valence-corrected chi connectivity index (χ0v) is 11.7. The first kappa shape index (κ1) is 17.5. The second-order valence-corrected chi connectivity index (χ2v) is 5.15. The Balaban J connectivity index is 3.15. The average Bonchev–Trinajstić information content (AvgIpc) is 2.42. The molecule has 22 heavy (non-hydrogen) atoms. The molecule has 1 aromatic rings. The Morgan fingerprint density at radius 1 is 1.23 bits per heavy atom. The summed E-state index contributed by atoms with van der Waals surface area (Å²) in [6, 6.07) is 5.81. The molecule has 118 valence electrons. The summed E-state index contributed by atoms with van der Waals surface area (Å²) in [4.78, 5) is 22.3. The van der Waals surface area contributed by atoms with E-state index in [4.69, 9.17) is 10.4 Å². The van der Waals surface area contributed by atoms with Crippen LogP contribution in [-0.4, -0.2) is 29.2 Å². The smallest absolute Gasteiger partial charge is 0.471 e. The SMILES string of the molecule is CC(C)(c1ccc(C#N)cc1)C(NC(=O)C(F)(F)F)C(=O)O. The molecule has 0 aromatic heterocycles. The van der Waals surface area contributed by atoms with Crippen LogP contribution < -0.4 is 5.32 Å². The van der Waals surface area contributed by atoms with Crippen LogP contribution in [0.15, 0.2) is 24.3 Å². The molecule has 0 saturated carbocycles. The molecule has 1 unspecified atom stereocenters. The Kier molecular flexibility index (Phi) is 4.81. The Labute approximate surface area is 124 Å². The monoisotopic (exact) mass is 314 g/mol. The summed E-state index contributed by atoms with van der Waals surface area (Å²) in [5.74, 6) is -3.91. The lowest BCUT2D eigenvalue weighted by Gasteiger charge is -2.32. The fraction of sp³-hybridized carbons (Fsp3) is 0.357. The standard InChI is InChI=1S/C14H13F3N2O3/c1-13(2,9-5-3-8(7-18)4-6-9)10(11(20)21)19-12(22)14(15,16)17/h3-6,10H,1-2H3,(H,19,22)(H,20,21). The minimum Gasteiger partial charge on any atom is -0.480 e. The number of nitrogens with zero attached hydrogens (tertiary/aromatic N) is 1. The molecule has 0 radical (unpaired) electrons. The number of hydrogen-bond donors (Lipinski definition) is 2. The Morgan fingerprint density at radius 2 is 1.73 bits per heavy atom. The number of carboxylic acid groups (broad SMARTS) is 1. The molecule has 0 heterocycles. The minimum absolute atomic E-state index is 0.325. The third-order valence-corrected chi connectivity index (χ3v) is 3.26. The van der Waals surface area contributed by atoms with Crippen LogP contribution in [-0.2, 0) is 15.0 Å². The van der Waals surface area contributed by atoms with E-state index in [9.17, 15) is 22.8 Å². The van der Waals surface area contributed by atoms with Crippen LogP contribution in [0.2, 0.25) is 0 Å². The number of nitrogens with one attached hydrogen (secondary N) is 1. The van der Waals surface area contributed by atoms with E-state index >= 15 is 0 Å². The molecule has 0 saturated heterocycles. The Hall–Kier alpha value is -2.56. The van der Waals surface area contributed by atoms with Crippen LogP contribution in [0.4, 0.5) is 13.2 Å². The van der Waals surface area contributed by atoms with Crippen molar-refractivity contribution in [2.45, 2.75) is 31.5 Å². The number of carbonyl (C=O) groups is 2. The molecule has 5 nitrogen and oxygen atoms in total. The molecule has 1 rings (SSSR count). The number of carbonyl (C=O) groups excluding carboxylic acids is 1. The average molecular weight is 314 g/mol. The number of carboxylic acids is 1. The third kappa shape index (κ3) is 3.75. The first-order chi connectivity index (χ1) is 10.00. The molecule has 0 aliphatic carbocycles. The van der Waals surface area contributed by atoms with Gasteiger partial charge < -0.3 is 10.4 Å². The summed E-state index contributed by atoms with van der Waals surface area (Å²) in [7, 11) is 0. The van der Waals surface area contributed by atoms with Crippen molar-refractivity contribution in [1.82, 2.24) is 5.32 Å². The maximum atomic E-state index is 12.3. The van der Waals surface area contributed by atoms with E-state index in [1.807, 2.05) is 6.07 Å². The van der Waals surface area contributed by atoms with Crippen molar-refractivity contribution in [2.24, 2.45) is 0 Å². The van der Waals surface area contributed by atoms with Crippen molar-refractivity contribution >= 4 is 11.9 Å². The van der Waals surface area contributed by atoms with E-state index in [1.54, 1.807) is 0 Å². The van der Waals surface area contributed by atoms with Crippen molar-refractivity contribution in [3.8, 4) is 6.07 Å². The van der Waals surface area contributed by atoms with Gasteiger partial charge in [-0.05, 0) is 17.7 Å². The Bertz CT molecular complexity index is 616. The lowest BCUT2D eigenvalue weighted by Crippen LogP contribution is -2.55. The predicted molar refractivity (Wildman–Crippen MR) is 69.8 cm³/mol. The normalized spacial score (nSPS) is 13.1. The number of rotatable bonds is 4. The summed E-state index contributed by atoms with van der Waals surface area (Å²) in [5.41, 5.74) is -0.618. The molecule has 1 atom stereocenters. The Morgan fingerprint density at radius 3 is 2.09 bits per heavy atom. The highest BCUT2D eigenvalue weighted by atomic mass is 19.4. The summed E-state index contributed by atoms with van der Waals surface area (Å²) < 4.78 is 37.0. The number of hydrogen-bond acceptors (Lipinski definition) is 3. The van der Waals surface area contributed by atoms with E-state index in [2.05, 4.69) is 0 Å². The van der Waals surface area contributed by atoms with Crippen LogP contribution in [0.25, 0.3) is 0 Å². The number of halogens is 3. The van der Waals surface area contributed by atoms with Crippen LogP contribution in [0.5, 0.6) is 0 Å². The van der Waals surface area contributed by atoms with Gasteiger partial charge in [-0.15, -0.1) is 0 Å². The number of amides is 1. The van der Waals surface area contributed by atoms with E-state index in [0.717, 1.165) is 0 Å². The second-order valence-electron chi connectivity index (χ2n) is 5.15. The van der Waals surface area contributed by atoms with E-state index in [-0.39, 0.29) is 0 Å². The maximum absolute atomic E-state index is 12.3. The molecule has 2 N–H and O–H groups in total. The van der Waals surface area contributed by atoms with E-state index < -0.39 is 29.5 Å². The van der Waals surface area contributed by atoms with Gasteiger partial charge in [-0.3, -0.25) is 4.79 Å². The van der Waals surface area contributed by atoms with Gasteiger partial charge in [0, 0.05) is 5.41 Å². The fourth-order valence-corrected chi connectivity index (χ4v) is 1.90. The van der Waals surface area contributed by atoms with Crippen molar-refractivity contribution in [2.75, 3.05) is 0 Å². The van der Waals surface area contributed by atoms with Gasteiger partial charge in [-0.1, -0.05) is 26.0 Å². The third-order valence-electron chi connectivity index (χ3n) is 3.26. The molecule has 0 aliphatic rings. The fourth-order valence-electron chi connectivity index (χ4n) is 1.90. The molecule has 0 fully saturated rings. The minimum atomic E-state index is -5.17. The predicted octanol–water partition coefficient (Wildman–Crippen LogP) is 1.97. The van der Waals surface area contributed by atoms with E-state index in [0.29, 0.717) is 11.1 Å². The van der Waals surface area contributed by atoms with Gasteiger partial charge in [0.25, 0.3) is 0 Å². The number of nitriles is 1. The van der Waals surface area contributed by atoms with Gasteiger partial charge in [0.1, 0.15) is 6.04 Å². The molecule has 0 spiro atoms. The first-order valence-corrected chi connectivity index (χ1v) is 6.11. The topological polar surface area (TPSA) is 90.2 Å². The van der Waals surface area contributed by atoms with E-state index in [1.165, 1.54) is 43.4 Å². The summed E-state index contributed by atoms with van der Waals surface area (Å²) in [6.07, 6.45) is -5.17. The van der Waals surface area contributed by atoms with Crippen LogP contribution >= 0.6 is 0 Å². The quantitative estimate of drug-likeness (QED) is 0.889. The van der Waals surface area contributed by atoms with Crippen LogP contribution in [0.1, 0.15) is 25.0 Å². The molecular formula is C14H13F3N2O3. The van der Waals surface area contributed by atoms with Gasteiger partial charge in [0.15, 0.2) is 0 Å². The highest BCUT2D eigenvalue weighted by Gasteiger charge is 2.45. The van der Waals surface area contributed by atoms with Crippen LogP contribution in [0, 0.1) is 11.3 Å². The zero-order valence-electron chi connectivity index (χ0n) is 11.7. The lowest BCUT2D eigenvalue weighted by atomic mass is 9.77. The molecule has 0 aliphatic heterocycles. The van der Waals surface area contributed by atoms with Gasteiger partial charge in [-0.2, -0.15) is 18.4 Å². The van der Waals surface area contributed by atoms with Crippen molar-refractivity contribution in [3.63, 3.8) is 0 Å². The first-order valence-electron chi connectivity index (χ1n) is 6.11. The molecule has 8 heteroatoms. The number of alkyl halides is 3. The number of aliphatic carboxylic acids is 1. The molecule has 0 bridgehead atoms. The summed E-state index contributed by atoms with van der Waals surface area (Å²) in [5, 5.41) is 19.4. The van der Waals surface area contributed by atoms with Crippen molar-refractivity contribution in [3.05, 3.63) is 35.4 Å². The largest absolute Gasteiger partial charge is 0.480 e. The highest BCUT2D eigenvalue weighted by Crippen LogP contribution is 2.28. The summed E-state index contributed by atoms with van der Waals surface area (Å²) >= 11 is 0. The van der Waals surface area contributed by atoms with Crippen molar-refractivity contribution in [1.29, 1.82) is 5.26 Å².